The summed E-state index contributed by atoms with van der Waals surface area (Å²) in [6, 6.07) is 11.5. The van der Waals surface area contributed by atoms with Crippen LogP contribution in [0.25, 0.3) is 11.3 Å². The zero-order valence-corrected chi connectivity index (χ0v) is 19.5. The lowest BCUT2D eigenvalue weighted by Gasteiger charge is -2.15. The van der Waals surface area contributed by atoms with E-state index < -0.39 is 11.5 Å². The molecule has 0 saturated carbocycles. The first-order valence-electron chi connectivity index (χ1n) is 10.8. The van der Waals surface area contributed by atoms with E-state index in [9.17, 15) is 14.4 Å². The first kappa shape index (κ1) is 25.0. The molecule has 0 aliphatic rings. The molecule has 0 saturated heterocycles. The van der Waals surface area contributed by atoms with Gasteiger partial charge in [-0.1, -0.05) is 24.3 Å². The van der Waals surface area contributed by atoms with Gasteiger partial charge >= 0.3 is 0 Å². The smallest absolute Gasteiger partial charge is 0.294 e. The Morgan fingerprint density at radius 1 is 1.09 bits per heavy atom. The average Bonchev–Trinajstić information content (AvgIpc) is 2.80. The SMILES string of the molecule is CC(C)NC(=O)c1cc(N)cc(-c2cnc(N)c(=O)n2CC(=O)NCc2ccc(C(=N)N)cc2)c1. The molecule has 2 aromatic carbocycles. The Kier molecular flexibility index (Phi) is 7.49. The maximum atomic E-state index is 12.8. The van der Waals surface area contributed by atoms with Crippen LogP contribution in [-0.4, -0.2) is 33.2 Å². The third-order valence-electron chi connectivity index (χ3n) is 5.07. The van der Waals surface area contributed by atoms with E-state index in [1.807, 2.05) is 13.8 Å². The molecule has 182 valence electrons. The van der Waals surface area contributed by atoms with E-state index in [1.54, 1.807) is 36.4 Å². The highest BCUT2D eigenvalue weighted by Gasteiger charge is 2.16. The minimum Gasteiger partial charge on any atom is -0.399 e. The molecule has 0 fully saturated rings. The number of carbonyl (C=O) groups excluding carboxylic acids is 2. The van der Waals surface area contributed by atoms with Gasteiger partial charge in [0.1, 0.15) is 12.4 Å². The van der Waals surface area contributed by atoms with E-state index >= 15 is 0 Å². The second-order valence-electron chi connectivity index (χ2n) is 8.28. The Morgan fingerprint density at radius 3 is 2.40 bits per heavy atom. The number of nitrogens with one attached hydrogen (secondary N) is 3. The van der Waals surface area contributed by atoms with E-state index in [4.69, 9.17) is 22.6 Å². The molecule has 0 aliphatic carbocycles. The Bertz CT molecular complexity index is 1330. The predicted molar refractivity (Wildman–Crippen MR) is 135 cm³/mol. The number of amides is 2. The predicted octanol–water partition coefficient (Wildman–Crippen LogP) is 0.813. The van der Waals surface area contributed by atoms with Crippen LogP contribution in [0.15, 0.2) is 53.5 Å². The zero-order valence-electron chi connectivity index (χ0n) is 19.5. The summed E-state index contributed by atoms with van der Waals surface area (Å²) in [5, 5.41) is 13.0. The number of amidine groups is 1. The summed E-state index contributed by atoms with van der Waals surface area (Å²) in [6.07, 6.45) is 1.36. The van der Waals surface area contributed by atoms with E-state index in [2.05, 4.69) is 15.6 Å². The lowest BCUT2D eigenvalue weighted by Crippen LogP contribution is -2.34. The quantitative estimate of drug-likeness (QED) is 0.157. The van der Waals surface area contributed by atoms with Crippen LogP contribution in [0.2, 0.25) is 0 Å². The fourth-order valence-corrected chi connectivity index (χ4v) is 3.37. The molecule has 0 spiro atoms. The van der Waals surface area contributed by atoms with Crippen molar-refractivity contribution in [1.82, 2.24) is 20.2 Å². The van der Waals surface area contributed by atoms with Crippen LogP contribution in [0.3, 0.4) is 0 Å². The number of nitrogens with two attached hydrogens (primary N) is 3. The molecule has 3 aromatic rings. The van der Waals surface area contributed by atoms with Crippen LogP contribution >= 0.6 is 0 Å². The molecule has 0 atom stereocenters. The average molecular weight is 477 g/mol. The van der Waals surface area contributed by atoms with Gasteiger partial charge in [-0.25, -0.2) is 4.98 Å². The molecule has 9 N–H and O–H groups in total. The van der Waals surface area contributed by atoms with Crippen LogP contribution < -0.4 is 33.4 Å². The van der Waals surface area contributed by atoms with Crippen molar-refractivity contribution in [3.63, 3.8) is 0 Å². The van der Waals surface area contributed by atoms with Gasteiger partial charge in [-0.3, -0.25) is 24.4 Å². The Morgan fingerprint density at radius 2 is 1.77 bits per heavy atom. The molecule has 0 bridgehead atoms. The van der Waals surface area contributed by atoms with Crippen molar-refractivity contribution in [1.29, 1.82) is 5.41 Å². The van der Waals surface area contributed by atoms with Crippen molar-refractivity contribution in [2.75, 3.05) is 11.5 Å². The second kappa shape index (κ2) is 10.5. The van der Waals surface area contributed by atoms with Gasteiger partial charge in [0.05, 0.1) is 11.9 Å². The maximum absolute atomic E-state index is 12.8. The molecule has 35 heavy (non-hydrogen) atoms. The van der Waals surface area contributed by atoms with E-state index in [1.165, 1.54) is 16.8 Å². The first-order valence-corrected chi connectivity index (χ1v) is 10.8. The third-order valence-corrected chi connectivity index (χ3v) is 5.07. The summed E-state index contributed by atoms with van der Waals surface area (Å²) < 4.78 is 1.19. The minimum atomic E-state index is -0.640. The van der Waals surface area contributed by atoms with Gasteiger partial charge in [-0.2, -0.15) is 0 Å². The largest absolute Gasteiger partial charge is 0.399 e. The highest BCUT2D eigenvalue weighted by atomic mass is 16.2. The Hall–Kier alpha value is -4.67. The van der Waals surface area contributed by atoms with Gasteiger partial charge < -0.3 is 27.8 Å². The highest BCUT2D eigenvalue weighted by Crippen LogP contribution is 2.23. The zero-order chi connectivity index (χ0) is 25.7. The van der Waals surface area contributed by atoms with Crippen molar-refractivity contribution in [2.24, 2.45) is 5.73 Å². The molecule has 1 aromatic heterocycles. The van der Waals surface area contributed by atoms with Gasteiger partial charge in [-0.15, -0.1) is 0 Å². The second-order valence-corrected chi connectivity index (χ2v) is 8.28. The van der Waals surface area contributed by atoms with E-state index in [0.717, 1.165) is 5.56 Å². The molecule has 11 nitrogen and oxygen atoms in total. The number of carbonyl (C=O) groups is 2. The van der Waals surface area contributed by atoms with Crippen LogP contribution in [0.4, 0.5) is 11.5 Å². The van der Waals surface area contributed by atoms with Gasteiger partial charge in [-0.05, 0) is 37.6 Å². The van der Waals surface area contributed by atoms with Crippen molar-refractivity contribution in [2.45, 2.75) is 33.0 Å². The number of benzene rings is 2. The number of hydrogen-bond donors (Lipinski definition) is 6. The molecule has 3 rings (SSSR count). The summed E-state index contributed by atoms with van der Waals surface area (Å²) >= 11 is 0. The number of rotatable bonds is 8. The van der Waals surface area contributed by atoms with Crippen LogP contribution in [-0.2, 0) is 17.9 Å². The fourth-order valence-electron chi connectivity index (χ4n) is 3.37. The van der Waals surface area contributed by atoms with Gasteiger partial charge in [0.25, 0.3) is 11.5 Å². The standard InChI is InChI=1S/C24H28N8O3/c1-13(2)31-23(34)17-7-16(8-18(25)9-17)19-11-30-22(28)24(35)32(19)12-20(33)29-10-14-3-5-15(6-4-14)21(26)27/h3-9,11,13H,10,12,25H2,1-2H3,(H3,26,27)(H2,28,30)(H,29,33)(H,31,34). The van der Waals surface area contributed by atoms with Crippen molar-refractivity contribution < 1.29 is 9.59 Å². The number of anilines is 2. The van der Waals surface area contributed by atoms with Gasteiger partial charge in [0, 0.05) is 35.0 Å². The lowest BCUT2D eigenvalue weighted by molar-refractivity contribution is -0.121. The highest BCUT2D eigenvalue weighted by molar-refractivity contribution is 5.96. The summed E-state index contributed by atoms with van der Waals surface area (Å²) in [7, 11) is 0. The van der Waals surface area contributed by atoms with E-state index in [-0.39, 0.29) is 42.4 Å². The van der Waals surface area contributed by atoms with Gasteiger partial charge in [0.2, 0.25) is 5.91 Å². The molecule has 0 aliphatic heterocycles. The van der Waals surface area contributed by atoms with E-state index in [0.29, 0.717) is 22.4 Å². The normalized spacial score (nSPS) is 10.7. The number of nitrogen functional groups attached to an aromatic ring is 3. The minimum absolute atomic E-state index is 0.0471. The Labute approximate surface area is 201 Å². The molecular formula is C24H28N8O3. The number of nitrogens with zero attached hydrogens (tertiary/aromatic N) is 2. The lowest BCUT2D eigenvalue weighted by atomic mass is 10.1. The van der Waals surface area contributed by atoms with Crippen LogP contribution in [0.5, 0.6) is 0 Å². The Balaban J connectivity index is 1.86. The molecule has 2 amide bonds. The molecule has 1 heterocycles. The molecule has 0 radical (unpaired) electrons. The van der Waals surface area contributed by atoms with Crippen molar-refractivity contribution >= 4 is 29.2 Å². The van der Waals surface area contributed by atoms with Crippen molar-refractivity contribution in [3.8, 4) is 11.3 Å². The number of hydrogen-bond acceptors (Lipinski definition) is 7. The summed E-state index contributed by atoms with van der Waals surface area (Å²) in [4.78, 5) is 41.9. The molecule has 11 heteroatoms. The van der Waals surface area contributed by atoms with Gasteiger partial charge in [0.15, 0.2) is 5.82 Å². The van der Waals surface area contributed by atoms with Crippen LogP contribution in [0.1, 0.15) is 35.3 Å². The third kappa shape index (κ3) is 6.22. The molecular weight excluding hydrogens is 448 g/mol. The number of aromatic nitrogens is 2. The molecule has 0 unspecified atom stereocenters. The summed E-state index contributed by atoms with van der Waals surface area (Å²) in [6.45, 7) is 3.56. The topological polar surface area (TPSA) is 195 Å². The first-order chi connectivity index (χ1) is 16.5. The maximum Gasteiger partial charge on any atom is 0.294 e. The fraction of sp³-hybridized carbons (Fsp3) is 0.208. The van der Waals surface area contributed by atoms with Crippen molar-refractivity contribution in [3.05, 3.63) is 75.7 Å². The monoisotopic (exact) mass is 476 g/mol. The van der Waals surface area contributed by atoms with Crippen LogP contribution in [0, 0.1) is 5.41 Å². The summed E-state index contributed by atoms with van der Waals surface area (Å²) in [5.41, 5.74) is 19.3. The summed E-state index contributed by atoms with van der Waals surface area (Å²) in [5.74, 6) is -1.06.